The monoisotopic (exact) mass is 279 g/mol. The lowest BCUT2D eigenvalue weighted by Crippen LogP contribution is -2.29. The number of hydrogen-bond donors (Lipinski definition) is 1. The van der Waals surface area contributed by atoms with E-state index in [0.29, 0.717) is 11.8 Å². The van der Waals surface area contributed by atoms with E-state index in [2.05, 4.69) is 32.0 Å². The smallest absolute Gasteiger partial charge is 0.0438 e. The summed E-state index contributed by atoms with van der Waals surface area (Å²) in [6, 6.07) is 6.57. The van der Waals surface area contributed by atoms with Crippen molar-refractivity contribution in [3.8, 4) is 0 Å². The third-order valence-electron chi connectivity index (χ3n) is 4.73. The molecule has 0 aromatic heterocycles. The maximum Gasteiger partial charge on any atom is 0.0438 e. The van der Waals surface area contributed by atoms with Crippen molar-refractivity contribution in [1.29, 1.82) is 0 Å². The molecule has 1 aliphatic carbocycles. The topological polar surface area (TPSA) is 26.0 Å². The van der Waals surface area contributed by atoms with Gasteiger partial charge in [0.1, 0.15) is 0 Å². The standard InChI is InChI=1S/C17H26ClN/c1-3-4-13-6-8-15(11-19)16(9-13)14-7-5-12(2)17(18)10-14/h5,7,10,13,15-16H,3-4,6,8-9,11,19H2,1-2H3. The number of rotatable bonds is 4. The molecule has 1 fully saturated rings. The maximum absolute atomic E-state index is 6.29. The zero-order valence-electron chi connectivity index (χ0n) is 12.2. The summed E-state index contributed by atoms with van der Waals surface area (Å²) in [6.07, 6.45) is 6.56. The summed E-state index contributed by atoms with van der Waals surface area (Å²) in [4.78, 5) is 0. The van der Waals surface area contributed by atoms with Gasteiger partial charge >= 0.3 is 0 Å². The molecule has 19 heavy (non-hydrogen) atoms. The summed E-state index contributed by atoms with van der Waals surface area (Å²) in [6.45, 7) is 5.15. The van der Waals surface area contributed by atoms with Crippen LogP contribution in [0.2, 0.25) is 5.02 Å². The van der Waals surface area contributed by atoms with Gasteiger partial charge in [-0.25, -0.2) is 0 Å². The van der Waals surface area contributed by atoms with Crippen molar-refractivity contribution in [2.45, 2.75) is 51.9 Å². The molecule has 3 atom stereocenters. The predicted octanol–water partition coefficient (Wildman–Crippen LogP) is 4.91. The summed E-state index contributed by atoms with van der Waals surface area (Å²) in [5.74, 6) is 2.11. The molecule has 1 nitrogen and oxygen atoms in total. The number of halogens is 1. The van der Waals surface area contributed by atoms with Crippen LogP contribution in [0.3, 0.4) is 0 Å². The van der Waals surface area contributed by atoms with E-state index in [1.807, 2.05) is 0 Å². The van der Waals surface area contributed by atoms with Crippen LogP contribution in [-0.2, 0) is 0 Å². The first-order chi connectivity index (χ1) is 9.15. The average Bonchev–Trinajstić information content (AvgIpc) is 2.42. The van der Waals surface area contributed by atoms with E-state index in [-0.39, 0.29) is 0 Å². The van der Waals surface area contributed by atoms with Crippen molar-refractivity contribution in [2.24, 2.45) is 17.6 Å². The van der Waals surface area contributed by atoms with Gasteiger partial charge in [-0.2, -0.15) is 0 Å². The van der Waals surface area contributed by atoms with Gasteiger partial charge in [-0.15, -0.1) is 0 Å². The van der Waals surface area contributed by atoms with Crippen molar-refractivity contribution < 1.29 is 0 Å². The van der Waals surface area contributed by atoms with Gasteiger partial charge in [-0.1, -0.05) is 49.9 Å². The first-order valence-corrected chi connectivity index (χ1v) is 7.99. The Morgan fingerprint density at radius 1 is 1.32 bits per heavy atom. The molecule has 2 rings (SSSR count). The van der Waals surface area contributed by atoms with Crippen molar-refractivity contribution in [3.63, 3.8) is 0 Å². The van der Waals surface area contributed by atoms with E-state index in [1.165, 1.54) is 37.7 Å². The van der Waals surface area contributed by atoms with Gasteiger partial charge < -0.3 is 5.73 Å². The molecule has 0 spiro atoms. The highest BCUT2D eigenvalue weighted by Crippen LogP contribution is 2.42. The summed E-state index contributed by atoms with van der Waals surface area (Å²) in [5, 5.41) is 0.894. The van der Waals surface area contributed by atoms with Crippen LogP contribution < -0.4 is 5.73 Å². The van der Waals surface area contributed by atoms with Crippen molar-refractivity contribution in [3.05, 3.63) is 34.3 Å². The zero-order chi connectivity index (χ0) is 13.8. The molecule has 0 radical (unpaired) electrons. The van der Waals surface area contributed by atoms with Gasteiger partial charge in [0, 0.05) is 5.02 Å². The Labute approximate surface area is 122 Å². The molecule has 1 saturated carbocycles. The van der Waals surface area contributed by atoms with Crippen molar-refractivity contribution >= 4 is 11.6 Å². The Kier molecular flexibility index (Phi) is 5.29. The molecule has 3 unspecified atom stereocenters. The second-order valence-corrected chi connectivity index (χ2v) is 6.49. The highest BCUT2D eigenvalue weighted by atomic mass is 35.5. The molecule has 1 aromatic rings. The lowest BCUT2D eigenvalue weighted by atomic mass is 9.70. The molecule has 2 N–H and O–H groups in total. The number of aryl methyl sites for hydroxylation is 1. The largest absolute Gasteiger partial charge is 0.330 e. The molecule has 0 bridgehead atoms. The van der Waals surface area contributed by atoms with Crippen molar-refractivity contribution in [2.75, 3.05) is 6.54 Å². The molecular formula is C17H26ClN. The lowest BCUT2D eigenvalue weighted by molar-refractivity contribution is 0.230. The maximum atomic E-state index is 6.29. The van der Waals surface area contributed by atoms with E-state index in [1.54, 1.807) is 0 Å². The molecule has 2 heteroatoms. The first kappa shape index (κ1) is 14.9. The van der Waals surface area contributed by atoms with E-state index in [0.717, 1.165) is 23.0 Å². The Hall–Kier alpha value is -0.530. The minimum Gasteiger partial charge on any atom is -0.330 e. The van der Waals surface area contributed by atoms with E-state index in [9.17, 15) is 0 Å². The molecule has 0 saturated heterocycles. The Morgan fingerprint density at radius 3 is 2.74 bits per heavy atom. The summed E-state index contributed by atoms with van der Waals surface area (Å²) < 4.78 is 0. The highest BCUT2D eigenvalue weighted by Gasteiger charge is 2.30. The normalized spacial score (nSPS) is 27.5. The van der Waals surface area contributed by atoms with E-state index >= 15 is 0 Å². The fourth-order valence-corrected chi connectivity index (χ4v) is 3.71. The minimum atomic E-state index is 0.605. The third-order valence-corrected chi connectivity index (χ3v) is 5.13. The number of hydrogen-bond acceptors (Lipinski definition) is 1. The highest BCUT2D eigenvalue weighted by molar-refractivity contribution is 6.31. The fraction of sp³-hybridized carbons (Fsp3) is 0.647. The molecule has 106 valence electrons. The predicted molar refractivity (Wildman–Crippen MR) is 83.7 cm³/mol. The molecule has 0 aliphatic heterocycles. The number of benzene rings is 1. The van der Waals surface area contributed by atoms with Crippen LogP contribution in [0.1, 0.15) is 56.1 Å². The van der Waals surface area contributed by atoms with Crippen LogP contribution in [0.25, 0.3) is 0 Å². The van der Waals surface area contributed by atoms with Crippen LogP contribution in [-0.4, -0.2) is 6.54 Å². The van der Waals surface area contributed by atoms with E-state index < -0.39 is 0 Å². The average molecular weight is 280 g/mol. The molecule has 0 heterocycles. The molecule has 0 amide bonds. The van der Waals surface area contributed by atoms with Crippen LogP contribution in [0.15, 0.2) is 18.2 Å². The lowest BCUT2D eigenvalue weighted by Gasteiger charge is -2.36. The van der Waals surface area contributed by atoms with Crippen LogP contribution in [0.5, 0.6) is 0 Å². The van der Waals surface area contributed by atoms with Crippen LogP contribution in [0.4, 0.5) is 0 Å². The quantitative estimate of drug-likeness (QED) is 0.833. The van der Waals surface area contributed by atoms with Crippen LogP contribution >= 0.6 is 11.6 Å². The molecular weight excluding hydrogens is 254 g/mol. The second-order valence-electron chi connectivity index (χ2n) is 6.08. The SMILES string of the molecule is CCCC1CCC(CN)C(c2ccc(C)c(Cl)c2)C1. The van der Waals surface area contributed by atoms with Crippen molar-refractivity contribution in [1.82, 2.24) is 0 Å². The Bertz CT molecular complexity index is 416. The van der Waals surface area contributed by atoms with Gasteiger partial charge in [0.15, 0.2) is 0 Å². The first-order valence-electron chi connectivity index (χ1n) is 7.61. The summed E-state index contributed by atoms with van der Waals surface area (Å²) in [5.41, 5.74) is 8.54. The zero-order valence-corrected chi connectivity index (χ0v) is 12.9. The van der Waals surface area contributed by atoms with Gasteiger partial charge in [-0.05, 0) is 61.3 Å². The summed E-state index contributed by atoms with van der Waals surface area (Å²) in [7, 11) is 0. The minimum absolute atomic E-state index is 0.605. The third kappa shape index (κ3) is 3.52. The second kappa shape index (κ2) is 6.76. The Balaban J connectivity index is 2.19. The summed E-state index contributed by atoms with van der Waals surface area (Å²) >= 11 is 6.29. The van der Waals surface area contributed by atoms with Gasteiger partial charge in [0.05, 0.1) is 0 Å². The van der Waals surface area contributed by atoms with Gasteiger partial charge in [-0.3, -0.25) is 0 Å². The molecule has 1 aliphatic rings. The molecule has 1 aromatic carbocycles. The van der Waals surface area contributed by atoms with E-state index in [4.69, 9.17) is 17.3 Å². The fourth-order valence-electron chi connectivity index (χ4n) is 3.52. The Morgan fingerprint density at radius 2 is 2.11 bits per heavy atom. The van der Waals surface area contributed by atoms with Gasteiger partial charge in [0.2, 0.25) is 0 Å². The number of nitrogens with two attached hydrogens (primary N) is 1. The van der Waals surface area contributed by atoms with Gasteiger partial charge in [0.25, 0.3) is 0 Å². The van der Waals surface area contributed by atoms with Crippen LogP contribution in [0, 0.1) is 18.8 Å².